The fourth-order valence-corrected chi connectivity index (χ4v) is 8.28. The lowest BCUT2D eigenvalue weighted by molar-refractivity contribution is 0.590. The number of allylic oxidation sites excluding steroid dienone is 1. The maximum atomic E-state index is 4.33. The predicted octanol–water partition coefficient (Wildman–Crippen LogP) is 6.26. The van der Waals surface area contributed by atoms with Gasteiger partial charge < -0.3 is 4.57 Å². The van der Waals surface area contributed by atoms with E-state index in [2.05, 4.69) is 144 Å². The molecule has 0 aliphatic heterocycles. The van der Waals surface area contributed by atoms with E-state index in [-0.39, 0.29) is 5.16 Å². The molecule has 4 aromatic carbocycles. The number of imidazole rings is 1. The van der Waals surface area contributed by atoms with Crippen molar-refractivity contribution in [3.05, 3.63) is 164 Å². The third kappa shape index (κ3) is 6.40. The largest absolute Gasteiger partial charge is 0.327 e. The number of rotatable bonds is 10. The van der Waals surface area contributed by atoms with Crippen molar-refractivity contribution in [2.75, 3.05) is 0 Å². The Morgan fingerprint density at radius 2 is 1.26 bits per heavy atom. The van der Waals surface area contributed by atoms with Crippen LogP contribution in [0.3, 0.4) is 0 Å². The third-order valence-corrected chi connectivity index (χ3v) is 10.5. The number of aromatic nitrogens is 2. The normalized spacial score (nSPS) is 13.0. The van der Waals surface area contributed by atoms with Gasteiger partial charge in [0.05, 0.1) is 21.0 Å². The number of hydrogen-bond acceptors (Lipinski definition) is 1. The molecule has 6 rings (SSSR count). The maximum absolute atomic E-state index is 4.33. The minimum atomic E-state index is -0.506. The molecule has 4 heteroatoms. The number of hydrogen-bond donors (Lipinski definition) is 0. The summed E-state index contributed by atoms with van der Waals surface area (Å²) in [5.41, 5.74) is 5.63. The topological polar surface area (TPSA) is 17.8 Å². The fraction of sp³-hybridized carbons (Fsp3) is 0.171. The minimum absolute atomic E-state index is 0.0952. The van der Waals surface area contributed by atoms with E-state index < -0.39 is 9.52 Å². The summed E-state index contributed by atoms with van der Waals surface area (Å²) in [5, 5.41) is -0.0952. The molecular formula is C35H37BN2Si. The fourth-order valence-electron chi connectivity index (χ4n) is 5.78. The molecule has 1 aliphatic carbocycles. The highest BCUT2D eigenvalue weighted by Gasteiger charge is 2.36. The van der Waals surface area contributed by atoms with Crippen LogP contribution in [-0.2, 0) is 5.16 Å². The Balaban J connectivity index is 0.000000168. The predicted molar refractivity (Wildman–Crippen MR) is 170 cm³/mol. The maximum Gasteiger partial charge on any atom is 0.212 e. The molecule has 0 atom stereocenters. The Morgan fingerprint density at radius 1 is 0.769 bits per heavy atom. The van der Waals surface area contributed by atoms with Crippen molar-refractivity contribution >= 4 is 27.2 Å². The molecule has 1 saturated carbocycles. The second kappa shape index (κ2) is 13.3. The van der Waals surface area contributed by atoms with Gasteiger partial charge in [0.15, 0.2) is 0 Å². The SMILES string of the molecule is C=CCC[SiH2]C(c1ccccc1)(c1ccccc1)n1ccnc1.c1ccc(B(c2ccccc2)C2CC2)cc1. The van der Waals surface area contributed by atoms with Gasteiger partial charge in [0.1, 0.15) is 0 Å². The highest BCUT2D eigenvalue weighted by atomic mass is 28.2. The van der Waals surface area contributed by atoms with Gasteiger partial charge in [-0.05, 0) is 17.5 Å². The molecule has 1 aliphatic rings. The summed E-state index contributed by atoms with van der Waals surface area (Å²) in [4.78, 5) is 4.33. The van der Waals surface area contributed by atoms with Gasteiger partial charge in [-0.15, -0.1) is 6.58 Å². The van der Waals surface area contributed by atoms with E-state index in [0.29, 0.717) is 6.71 Å². The molecule has 1 heterocycles. The standard InChI is InChI=1S/C20H22N2Si.C15H15B/c1-2-3-16-23-20(22-15-14-21-17-22,18-10-6-4-7-11-18)19-12-8-5-9-13-19;1-3-7-13(8-4-1)16(15-11-12-15)14-9-5-2-6-10-14/h2,4-15,17H,1,3,16,23H2;1-10,15H,11-12H2. The van der Waals surface area contributed by atoms with E-state index in [1.165, 1.54) is 40.9 Å². The Labute approximate surface area is 236 Å². The molecule has 0 amide bonds. The van der Waals surface area contributed by atoms with Crippen LogP contribution in [0.2, 0.25) is 11.9 Å². The summed E-state index contributed by atoms with van der Waals surface area (Å²) >= 11 is 0. The van der Waals surface area contributed by atoms with Gasteiger partial charge in [-0.3, -0.25) is 0 Å². The van der Waals surface area contributed by atoms with E-state index in [9.17, 15) is 0 Å². The molecular weight excluding hydrogens is 487 g/mol. The minimum Gasteiger partial charge on any atom is -0.327 e. The molecule has 194 valence electrons. The lowest BCUT2D eigenvalue weighted by atomic mass is 9.37. The van der Waals surface area contributed by atoms with Crippen LogP contribution in [0.1, 0.15) is 30.4 Å². The van der Waals surface area contributed by atoms with Crippen molar-refractivity contribution in [1.82, 2.24) is 9.55 Å². The van der Waals surface area contributed by atoms with Crippen molar-refractivity contribution in [3.63, 3.8) is 0 Å². The summed E-state index contributed by atoms with van der Waals surface area (Å²) in [6, 6.07) is 44.7. The second-order valence-corrected chi connectivity index (χ2v) is 12.6. The van der Waals surface area contributed by atoms with E-state index in [0.717, 1.165) is 12.2 Å². The first kappa shape index (κ1) is 26.7. The summed E-state index contributed by atoms with van der Waals surface area (Å²) in [5.74, 6) is 0.866. The summed E-state index contributed by atoms with van der Waals surface area (Å²) in [7, 11) is -0.506. The molecule has 0 radical (unpaired) electrons. The van der Waals surface area contributed by atoms with Crippen LogP contribution >= 0.6 is 0 Å². The molecule has 1 fully saturated rings. The highest BCUT2D eigenvalue weighted by Crippen LogP contribution is 2.38. The van der Waals surface area contributed by atoms with Gasteiger partial charge >= 0.3 is 0 Å². The van der Waals surface area contributed by atoms with E-state index in [1.807, 2.05) is 18.6 Å². The van der Waals surface area contributed by atoms with Gasteiger partial charge in [0, 0.05) is 12.4 Å². The van der Waals surface area contributed by atoms with Crippen molar-refractivity contribution in [3.8, 4) is 0 Å². The highest BCUT2D eigenvalue weighted by molar-refractivity contribution is 6.86. The molecule has 0 N–H and O–H groups in total. The van der Waals surface area contributed by atoms with Crippen molar-refractivity contribution < 1.29 is 0 Å². The molecule has 0 unspecified atom stereocenters. The van der Waals surface area contributed by atoms with Crippen LogP contribution in [0.25, 0.3) is 0 Å². The van der Waals surface area contributed by atoms with Gasteiger partial charge in [0.25, 0.3) is 0 Å². The lowest BCUT2D eigenvalue weighted by Crippen LogP contribution is -2.42. The first-order chi connectivity index (χ1) is 19.3. The smallest absolute Gasteiger partial charge is 0.212 e. The second-order valence-electron chi connectivity index (χ2n) is 10.4. The van der Waals surface area contributed by atoms with Crippen molar-refractivity contribution in [1.29, 1.82) is 0 Å². The Bertz CT molecular complexity index is 1310. The van der Waals surface area contributed by atoms with E-state index >= 15 is 0 Å². The van der Waals surface area contributed by atoms with Crippen LogP contribution in [-0.4, -0.2) is 25.8 Å². The summed E-state index contributed by atoms with van der Waals surface area (Å²) in [6.45, 7) is 4.50. The molecule has 0 spiro atoms. The first-order valence-electron chi connectivity index (χ1n) is 14.1. The monoisotopic (exact) mass is 524 g/mol. The van der Waals surface area contributed by atoms with Gasteiger partial charge in [0.2, 0.25) is 6.71 Å². The van der Waals surface area contributed by atoms with Crippen LogP contribution in [0.4, 0.5) is 0 Å². The van der Waals surface area contributed by atoms with Crippen molar-refractivity contribution in [2.45, 2.75) is 36.3 Å². The molecule has 2 nitrogen and oxygen atoms in total. The van der Waals surface area contributed by atoms with E-state index in [1.54, 1.807) is 0 Å². The van der Waals surface area contributed by atoms with Crippen LogP contribution in [0.5, 0.6) is 0 Å². The molecule has 5 aromatic rings. The quantitative estimate of drug-likeness (QED) is 0.120. The van der Waals surface area contributed by atoms with Crippen LogP contribution in [0, 0.1) is 0 Å². The Kier molecular flexibility index (Phi) is 9.08. The average Bonchev–Trinajstić information content (AvgIpc) is 3.69. The zero-order valence-electron chi connectivity index (χ0n) is 22.6. The molecule has 0 bridgehead atoms. The van der Waals surface area contributed by atoms with Crippen LogP contribution < -0.4 is 10.9 Å². The number of benzene rings is 4. The van der Waals surface area contributed by atoms with Gasteiger partial charge in [-0.25, -0.2) is 4.98 Å². The Morgan fingerprint density at radius 3 is 1.67 bits per heavy atom. The lowest BCUT2D eigenvalue weighted by Gasteiger charge is -2.36. The zero-order valence-corrected chi connectivity index (χ0v) is 24.1. The molecule has 0 saturated heterocycles. The Hall–Kier alpha value is -3.89. The third-order valence-electron chi connectivity index (χ3n) is 7.81. The molecule has 39 heavy (non-hydrogen) atoms. The van der Waals surface area contributed by atoms with Gasteiger partial charge in [-0.2, -0.15) is 0 Å². The van der Waals surface area contributed by atoms with E-state index in [4.69, 9.17) is 0 Å². The average molecular weight is 525 g/mol. The summed E-state index contributed by atoms with van der Waals surface area (Å²) < 4.78 is 2.30. The number of nitrogens with zero attached hydrogens (tertiary/aromatic N) is 2. The van der Waals surface area contributed by atoms with Gasteiger partial charge in [-0.1, -0.05) is 163 Å². The first-order valence-corrected chi connectivity index (χ1v) is 15.8. The van der Waals surface area contributed by atoms with Crippen LogP contribution in [0.15, 0.2) is 153 Å². The van der Waals surface area contributed by atoms with Crippen molar-refractivity contribution in [2.24, 2.45) is 0 Å². The zero-order chi connectivity index (χ0) is 26.8. The molecule has 1 aromatic heterocycles. The summed E-state index contributed by atoms with van der Waals surface area (Å²) in [6.07, 6.45) is 11.8.